The van der Waals surface area contributed by atoms with Crippen LogP contribution in [-0.4, -0.2) is 58.3 Å². The molecule has 122 valence electrons. The van der Waals surface area contributed by atoms with Crippen LogP contribution in [0.3, 0.4) is 0 Å². The number of rotatable bonds is 2. The highest BCUT2D eigenvalue weighted by Crippen LogP contribution is 2.16. The van der Waals surface area contributed by atoms with Crippen LogP contribution < -0.4 is 0 Å². The summed E-state index contributed by atoms with van der Waals surface area (Å²) < 4.78 is 24.9. The lowest BCUT2D eigenvalue weighted by Crippen LogP contribution is -2.48. The maximum atomic E-state index is 12.5. The molecule has 0 spiro atoms. The molecule has 0 bridgehead atoms. The van der Waals surface area contributed by atoms with Crippen LogP contribution in [0.25, 0.3) is 5.69 Å². The first-order valence-electron chi connectivity index (χ1n) is 7.06. The van der Waals surface area contributed by atoms with Crippen molar-refractivity contribution in [3.63, 3.8) is 0 Å². The second-order valence-electron chi connectivity index (χ2n) is 5.46. The Kier molecular flexibility index (Phi) is 4.11. The minimum absolute atomic E-state index is 0.0255. The summed E-state index contributed by atoms with van der Waals surface area (Å²) >= 11 is 5.94. The van der Waals surface area contributed by atoms with Gasteiger partial charge < -0.3 is 4.90 Å². The quantitative estimate of drug-likeness (QED) is 0.808. The minimum atomic E-state index is -3.10. The Bertz CT molecular complexity index is 849. The van der Waals surface area contributed by atoms with Crippen molar-refractivity contribution in [1.29, 1.82) is 0 Å². The van der Waals surface area contributed by atoms with Crippen LogP contribution in [0.5, 0.6) is 0 Å². The molecule has 1 aliphatic heterocycles. The molecule has 1 fully saturated rings. The Balaban J connectivity index is 1.79. The van der Waals surface area contributed by atoms with Crippen molar-refractivity contribution >= 4 is 27.3 Å². The molecule has 7 nitrogen and oxygen atoms in total. The summed E-state index contributed by atoms with van der Waals surface area (Å²) in [5, 5.41) is 7.81. The van der Waals surface area contributed by atoms with Gasteiger partial charge in [-0.15, -0.1) is 5.10 Å². The lowest BCUT2D eigenvalue weighted by molar-refractivity contribution is 0.0754. The van der Waals surface area contributed by atoms with E-state index in [9.17, 15) is 13.2 Å². The van der Waals surface area contributed by atoms with Gasteiger partial charge in [0.05, 0.1) is 22.9 Å². The summed E-state index contributed by atoms with van der Waals surface area (Å²) in [7, 11) is -3.10. The first-order chi connectivity index (χ1) is 10.9. The zero-order valence-corrected chi connectivity index (χ0v) is 14.0. The number of nitrogens with zero attached hydrogens (tertiary/aromatic N) is 4. The number of carbonyl (C=O) groups is 1. The first kappa shape index (κ1) is 15.9. The summed E-state index contributed by atoms with van der Waals surface area (Å²) in [4.78, 5) is 14.0. The number of amides is 1. The summed E-state index contributed by atoms with van der Waals surface area (Å²) in [5.41, 5.74) is 0.870. The largest absolute Gasteiger partial charge is 0.335 e. The number of sulfone groups is 1. The van der Waals surface area contributed by atoms with E-state index in [0.29, 0.717) is 10.7 Å². The van der Waals surface area contributed by atoms with Gasteiger partial charge in [0.15, 0.2) is 15.5 Å². The summed E-state index contributed by atoms with van der Waals surface area (Å²) in [6, 6.07) is 7.02. The van der Waals surface area contributed by atoms with Gasteiger partial charge in [-0.2, -0.15) is 0 Å². The molecule has 1 amide bonds. The molecule has 1 aromatic carbocycles. The normalized spacial score (nSPS) is 20.4. The lowest BCUT2D eigenvalue weighted by Gasteiger charge is -2.30. The molecule has 1 atom stereocenters. The van der Waals surface area contributed by atoms with Crippen LogP contribution in [0.4, 0.5) is 0 Å². The van der Waals surface area contributed by atoms with Crippen LogP contribution in [0.15, 0.2) is 30.5 Å². The number of hydrogen-bond acceptors (Lipinski definition) is 5. The lowest BCUT2D eigenvalue weighted by atomic mass is 10.3. The van der Waals surface area contributed by atoms with Crippen molar-refractivity contribution in [2.45, 2.75) is 12.2 Å². The molecular weight excluding hydrogens is 340 g/mol. The SMILES string of the molecule is CC1CN(C(=O)c2cn(-c3cccc(Cl)c3)nn2)CCS1(=O)=O. The van der Waals surface area contributed by atoms with Crippen molar-refractivity contribution in [2.24, 2.45) is 0 Å². The van der Waals surface area contributed by atoms with E-state index in [1.165, 1.54) is 15.8 Å². The fourth-order valence-electron chi connectivity index (χ4n) is 2.41. The van der Waals surface area contributed by atoms with Crippen LogP contribution in [0, 0.1) is 0 Å². The summed E-state index contributed by atoms with van der Waals surface area (Å²) in [6.45, 7) is 1.96. The van der Waals surface area contributed by atoms with Crippen molar-refractivity contribution in [2.75, 3.05) is 18.8 Å². The van der Waals surface area contributed by atoms with Crippen molar-refractivity contribution in [3.05, 3.63) is 41.2 Å². The molecule has 0 N–H and O–H groups in total. The van der Waals surface area contributed by atoms with E-state index in [2.05, 4.69) is 10.3 Å². The Morgan fingerprint density at radius 2 is 2.17 bits per heavy atom. The maximum absolute atomic E-state index is 12.5. The second kappa shape index (κ2) is 5.93. The monoisotopic (exact) mass is 354 g/mol. The third-order valence-electron chi connectivity index (χ3n) is 3.81. The first-order valence-corrected chi connectivity index (χ1v) is 9.15. The fraction of sp³-hybridized carbons (Fsp3) is 0.357. The number of hydrogen-bond donors (Lipinski definition) is 0. The predicted molar refractivity (Wildman–Crippen MR) is 85.5 cm³/mol. The van der Waals surface area contributed by atoms with Gasteiger partial charge in [0.2, 0.25) is 0 Å². The standard InChI is InChI=1S/C14H15ClN4O3S/c1-10-8-18(5-6-23(10,21)22)14(20)13-9-19(17-16-13)12-4-2-3-11(15)7-12/h2-4,7,9-10H,5-6,8H2,1H3. The Labute approximate surface area is 138 Å². The smallest absolute Gasteiger partial charge is 0.276 e. The molecular formula is C14H15ClN4O3S. The highest BCUT2D eigenvalue weighted by atomic mass is 35.5. The number of aromatic nitrogens is 3. The van der Waals surface area contributed by atoms with Gasteiger partial charge >= 0.3 is 0 Å². The average Bonchev–Trinajstić information content (AvgIpc) is 2.99. The Morgan fingerprint density at radius 3 is 2.87 bits per heavy atom. The van der Waals surface area contributed by atoms with Gasteiger partial charge in [-0.3, -0.25) is 4.79 Å². The molecule has 23 heavy (non-hydrogen) atoms. The highest BCUT2D eigenvalue weighted by Gasteiger charge is 2.32. The van der Waals surface area contributed by atoms with Gasteiger partial charge in [0, 0.05) is 18.1 Å². The second-order valence-corrected chi connectivity index (χ2v) is 8.43. The van der Waals surface area contributed by atoms with E-state index >= 15 is 0 Å². The molecule has 1 aromatic heterocycles. The number of halogens is 1. The van der Waals surface area contributed by atoms with E-state index in [1.54, 1.807) is 31.2 Å². The minimum Gasteiger partial charge on any atom is -0.335 e. The fourth-order valence-corrected chi connectivity index (χ4v) is 3.88. The van der Waals surface area contributed by atoms with Crippen LogP contribution in [-0.2, 0) is 9.84 Å². The summed E-state index contributed by atoms with van der Waals surface area (Å²) in [6.07, 6.45) is 1.52. The van der Waals surface area contributed by atoms with Gasteiger partial charge in [0.25, 0.3) is 5.91 Å². The van der Waals surface area contributed by atoms with Crippen molar-refractivity contribution in [1.82, 2.24) is 19.9 Å². The number of carbonyl (C=O) groups excluding carboxylic acids is 1. The molecule has 2 heterocycles. The topological polar surface area (TPSA) is 85.2 Å². The molecule has 0 aliphatic carbocycles. The predicted octanol–water partition coefficient (Wildman–Crippen LogP) is 1.18. The molecule has 1 unspecified atom stereocenters. The third-order valence-corrected chi connectivity index (χ3v) is 6.17. The van der Waals surface area contributed by atoms with Gasteiger partial charge in [-0.1, -0.05) is 22.9 Å². The Morgan fingerprint density at radius 1 is 1.39 bits per heavy atom. The highest BCUT2D eigenvalue weighted by molar-refractivity contribution is 7.92. The molecule has 0 saturated carbocycles. The van der Waals surface area contributed by atoms with E-state index < -0.39 is 15.1 Å². The molecule has 3 rings (SSSR count). The van der Waals surface area contributed by atoms with E-state index in [1.807, 2.05) is 0 Å². The van der Waals surface area contributed by atoms with Crippen LogP contribution >= 0.6 is 11.6 Å². The van der Waals surface area contributed by atoms with Crippen LogP contribution in [0.1, 0.15) is 17.4 Å². The number of benzene rings is 1. The molecule has 0 radical (unpaired) electrons. The molecule has 9 heteroatoms. The molecule has 2 aromatic rings. The van der Waals surface area contributed by atoms with Crippen LogP contribution in [0.2, 0.25) is 5.02 Å². The zero-order valence-electron chi connectivity index (χ0n) is 12.4. The van der Waals surface area contributed by atoms with Gasteiger partial charge in [-0.05, 0) is 25.1 Å². The van der Waals surface area contributed by atoms with Crippen molar-refractivity contribution < 1.29 is 13.2 Å². The van der Waals surface area contributed by atoms with Crippen molar-refractivity contribution in [3.8, 4) is 5.69 Å². The van der Waals surface area contributed by atoms with Gasteiger partial charge in [-0.25, -0.2) is 13.1 Å². The summed E-state index contributed by atoms with van der Waals surface area (Å²) in [5.74, 6) is -0.345. The zero-order chi connectivity index (χ0) is 16.6. The average molecular weight is 355 g/mol. The molecule has 1 saturated heterocycles. The van der Waals surface area contributed by atoms with E-state index in [0.717, 1.165) is 0 Å². The van der Waals surface area contributed by atoms with E-state index in [4.69, 9.17) is 11.6 Å². The third kappa shape index (κ3) is 3.23. The maximum Gasteiger partial charge on any atom is 0.276 e. The molecule has 1 aliphatic rings. The van der Waals surface area contributed by atoms with E-state index in [-0.39, 0.29) is 30.4 Å². The Hall–Kier alpha value is -1.93. The van der Waals surface area contributed by atoms with Gasteiger partial charge in [0.1, 0.15) is 0 Å².